The lowest BCUT2D eigenvalue weighted by atomic mass is 9.97. The molecular formula is C100H112F4N28O4. The summed E-state index contributed by atoms with van der Waals surface area (Å²) in [5.41, 5.74) is 62.3. The zero-order chi connectivity index (χ0) is 95.9. The average molecular weight is 1850 g/mol. The molecule has 704 valence electrons. The molecule has 8 atom stereocenters. The van der Waals surface area contributed by atoms with Crippen LogP contribution in [0.5, 0.6) is 0 Å². The lowest BCUT2D eigenvalue weighted by Crippen LogP contribution is -2.18. The maximum Gasteiger partial charge on any atom is 0.154 e. The summed E-state index contributed by atoms with van der Waals surface area (Å²) in [4.78, 5) is 34.3. The van der Waals surface area contributed by atoms with Crippen LogP contribution in [-0.4, -0.2) is 132 Å². The SMILES string of the molecule is CO[C@@H]1CC[C@@H](C)c2cc(Nc3cc4cc(-c5cncc(N)c5C)c(F)c(N)c4cn3)nn2C1.CO[C@@H]1CC[C@H](C)c2cc(Nc3cc4cc(-c5cncc(N)c5C)c(F)c(N)c4cn3)nn2C1.CO[C@H]1CC[C@@H](C)c2cc(Nc3cc4cc(-c5cncc(N)c5C)c(F)c(N)c4cn3)nn2C1.CO[C@H]1CC[C@H](C)c2cc(Nc3cc4cc(-c5cncc(N)c5C)c(F)c(N)c4cn3)nn2C1. The molecule has 20 N–H and O–H groups in total. The zero-order valence-electron chi connectivity index (χ0n) is 77.9. The molecule has 0 unspecified atom stereocenters. The highest BCUT2D eigenvalue weighted by Gasteiger charge is 2.31. The van der Waals surface area contributed by atoms with E-state index < -0.39 is 23.3 Å². The van der Waals surface area contributed by atoms with E-state index in [4.69, 9.17) is 85.2 Å². The third kappa shape index (κ3) is 18.8. The molecule has 0 bridgehead atoms. The molecule has 0 fully saturated rings. The van der Waals surface area contributed by atoms with E-state index in [0.717, 1.165) is 121 Å². The monoisotopic (exact) mass is 1840 g/mol. The number of pyridine rings is 8. The van der Waals surface area contributed by atoms with Crippen molar-refractivity contribution in [2.24, 2.45) is 0 Å². The Morgan fingerprint density at radius 1 is 0.272 bits per heavy atom. The molecule has 36 heteroatoms. The summed E-state index contributed by atoms with van der Waals surface area (Å²) in [6.45, 7) is 19.0. The number of anilines is 16. The van der Waals surface area contributed by atoms with Crippen LogP contribution in [0.4, 0.5) is 110 Å². The zero-order valence-corrected chi connectivity index (χ0v) is 77.9. The summed E-state index contributed by atoms with van der Waals surface area (Å²) in [5, 5.41) is 37.3. The number of nitrogen functional groups attached to an aromatic ring is 8. The molecule has 0 saturated carbocycles. The van der Waals surface area contributed by atoms with E-state index in [0.29, 0.717) is 159 Å². The van der Waals surface area contributed by atoms with Crippen LogP contribution in [0.2, 0.25) is 0 Å². The van der Waals surface area contributed by atoms with Gasteiger partial charge in [-0.25, -0.2) is 37.5 Å². The van der Waals surface area contributed by atoms with Crippen molar-refractivity contribution in [1.82, 2.24) is 79.0 Å². The number of fused-ring (bicyclic) bond motifs is 8. The third-order valence-electron chi connectivity index (χ3n) is 27.0. The van der Waals surface area contributed by atoms with Gasteiger partial charge in [-0.2, -0.15) is 20.4 Å². The molecule has 0 saturated heterocycles. The van der Waals surface area contributed by atoms with Gasteiger partial charge in [0, 0.05) is 191 Å². The van der Waals surface area contributed by atoms with Crippen LogP contribution < -0.4 is 67.1 Å². The number of nitrogens with zero attached hydrogens (tertiary/aromatic N) is 16. The van der Waals surface area contributed by atoms with E-state index in [2.05, 4.69) is 113 Å². The second-order valence-electron chi connectivity index (χ2n) is 35.8. The average Bonchev–Trinajstić information content (AvgIpc) is 1.00. The van der Waals surface area contributed by atoms with Gasteiger partial charge in [0.2, 0.25) is 0 Å². The highest BCUT2D eigenvalue weighted by Crippen LogP contribution is 2.44. The Labute approximate surface area is 783 Å². The fourth-order valence-corrected chi connectivity index (χ4v) is 18.4. The molecule has 16 aromatic rings. The lowest BCUT2D eigenvalue weighted by Gasteiger charge is -2.13. The van der Waals surface area contributed by atoms with E-state index in [1.807, 2.05) is 70.7 Å². The van der Waals surface area contributed by atoms with Gasteiger partial charge in [0.1, 0.15) is 23.3 Å². The van der Waals surface area contributed by atoms with Crippen molar-refractivity contribution in [3.8, 4) is 44.5 Å². The summed E-state index contributed by atoms with van der Waals surface area (Å²) in [6.07, 6.45) is 27.7. The minimum Gasteiger partial charge on any atom is -0.397 e. The number of rotatable bonds is 16. The number of nitrogens with one attached hydrogen (secondary N) is 4. The molecule has 136 heavy (non-hydrogen) atoms. The fourth-order valence-electron chi connectivity index (χ4n) is 18.4. The van der Waals surface area contributed by atoms with Crippen molar-refractivity contribution >= 4 is 135 Å². The predicted octanol–water partition coefficient (Wildman–Crippen LogP) is 19.0. The van der Waals surface area contributed by atoms with Gasteiger partial charge in [-0.3, -0.25) is 38.7 Å². The van der Waals surface area contributed by atoms with Crippen molar-refractivity contribution < 1.29 is 36.5 Å². The number of ether oxygens (including phenoxy) is 4. The van der Waals surface area contributed by atoms with Gasteiger partial charge in [0.05, 0.1) is 121 Å². The summed E-state index contributed by atoms with van der Waals surface area (Å²) >= 11 is 0. The highest BCUT2D eigenvalue weighted by molar-refractivity contribution is 6.02. The maximum absolute atomic E-state index is 15.2. The number of halogens is 4. The smallest absolute Gasteiger partial charge is 0.154 e. The molecule has 32 nitrogen and oxygen atoms in total. The first kappa shape index (κ1) is 92.9. The van der Waals surface area contributed by atoms with Gasteiger partial charge in [-0.05, 0) is 195 Å². The number of benzene rings is 4. The number of aromatic nitrogens is 16. The lowest BCUT2D eigenvalue weighted by molar-refractivity contribution is 0.0794. The first-order valence-corrected chi connectivity index (χ1v) is 45.2. The van der Waals surface area contributed by atoms with E-state index in [1.54, 1.807) is 127 Å². The van der Waals surface area contributed by atoms with Crippen LogP contribution in [0.1, 0.15) is 148 Å². The van der Waals surface area contributed by atoms with Gasteiger partial charge < -0.3 is 86.1 Å². The van der Waals surface area contributed by atoms with Gasteiger partial charge in [0.15, 0.2) is 46.5 Å². The molecule has 4 aliphatic rings. The summed E-state index contributed by atoms with van der Waals surface area (Å²) in [5.74, 6) is 4.69. The number of methoxy groups -OCH3 is 4. The van der Waals surface area contributed by atoms with E-state index >= 15 is 17.6 Å². The normalized spacial score (nSPS) is 18.0. The first-order valence-electron chi connectivity index (χ1n) is 45.2. The molecule has 0 radical (unpaired) electrons. The molecule has 12 aromatic heterocycles. The molecule has 4 aliphatic heterocycles. The Balaban J connectivity index is 0.000000126. The maximum atomic E-state index is 15.2. The standard InChI is InChI=1S/4C25H28FN7O/c4*1-13-4-5-16(34-3)12-33-21(13)8-23(32-33)31-22-7-15-6-17(18-9-29-11-20(27)14(18)2)24(26)25(28)19(15)10-30-22/h4*6-11,13,16H,4-5,12,27-28H2,1-3H3,(H,30,31,32)/t2*13-,16+;2*13-,16-/m1010/s1. The minimum absolute atomic E-state index is 0.0431. The fraction of sp³-hybridized carbons (Fsp3) is 0.320. The number of hydrogen-bond acceptors (Lipinski definition) is 28. The van der Waals surface area contributed by atoms with Crippen LogP contribution >= 0.6 is 0 Å². The Hall–Kier alpha value is -14.9. The second kappa shape index (κ2) is 39.0. The van der Waals surface area contributed by atoms with Crippen LogP contribution in [0.25, 0.3) is 87.6 Å². The second-order valence-corrected chi connectivity index (χ2v) is 35.8. The molecular weight excluding hydrogens is 1730 g/mol. The quantitative estimate of drug-likeness (QED) is 0.0316. The molecule has 0 aliphatic carbocycles. The Kier molecular flexibility index (Phi) is 26.6. The summed E-state index contributed by atoms with van der Waals surface area (Å²) in [7, 11) is 6.97. The van der Waals surface area contributed by atoms with Gasteiger partial charge in [-0.15, -0.1) is 0 Å². The largest absolute Gasteiger partial charge is 0.397 e. The Bertz CT molecular complexity index is 6380. The van der Waals surface area contributed by atoms with E-state index in [9.17, 15) is 0 Å². The molecule has 0 spiro atoms. The van der Waals surface area contributed by atoms with Crippen molar-refractivity contribution in [2.75, 3.05) is 95.6 Å². The Morgan fingerprint density at radius 2 is 0.478 bits per heavy atom. The molecule has 0 amide bonds. The molecule has 20 rings (SSSR count). The van der Waals surface area contributed by atoms with E-state index in [-0.39, 0.29) is 47.2 Å². The van der Waals surface area contributed by atoms with Crippen LogP contribution in [0.15, 0.2) is 147 Å². The first-order chi connectivity index (χ1) is 65.4. The van der Waals surface area contributed by atoms with Crippen molar-refractivity contribution in [1.29, 1.82) is 0 Å². The summed E-state index contributed by atoms with van der Waals surface area (Å²) < 4.78 is 91.1. The number of nitrogens with two attached hydrogens (primary N) is 8. The van der Waals surface area contributed by atoms with Gasteiger partial charge >= 0.3 is 0 Å². The highest BCUT2D eigenvalue weighted by atomic mass is 19.1. The minimum atomic E-state index is -0.509. The summed E-state index contributed by atoms with van der Waals surface area (Å²) in [6, 6.07) is 22.6. The van der Waals surface area contributed by atoms with Gasteiger partial charge in [0.25, 0.3) is 0 Å². The van der Waals surface area contributed by atoms with Crippen LogP contribution in [0.3, 0.4) is 0 Å². The third-order valence-corrected chi connectivity index (χ3v) is 27.0. The molecule has 16 heterocycles. The van der Waals surface area contributed by atoms with Crippen LogP contribution in [-0.2, 0) is 45.1 Å². The predicted molar refractivity (Wildman–Crippen MR) is 530 cm³/mol. The Morgan fingerprint density at radius 3 is 0.676 bits per heavy atom. The van der Waals surface area contributed by atoms with Gasteiger partial charge in [-0.1, -0.05) is 27.7 Å². The topological polar surface area (TPSA) is 468 Å². The van der Waals surface area contributed by atoms with Crippen molar-refractivity contribution in [3.05, 3.63) is 215 Å². The van der Waals surface area contributed by atoms with Crippen LogP contribution in [0, 0.1) is 51.0 Å². The van der Waals surface area contributed by atoms with E-state index in [1.165, 1.54) is 22.8 Å². The number of hydrogen-bond donors (Lipinski definition) is 12. The molecule has 4 aromatic carbocycles. The van der Waals surface area contributed by atoms with Crippen molar-refractivity contribution in [2.45, 2.75) is 181 Å². The van der Waals surface area contributed by atoms with Crippen molar-refractivity contribution in [3.63, 3.8) is 0 Å².